The Morgan fingerprint density at radius 3 is 2.62 bits per heavy atom. The van der Waals surface area contributed by atoms with Crippen molar-refractivity contribution in [2.45, 2.75) is 31.2 Å². The predicted octanol–water partition coefficient (Wildman–Crippen LogP) is 2.62. The zero-order valence-electron chi connectivity index (χ0n) is 11.3. The summed E-state index contributed by atoms with van der Waals surface area (Å²) >= 11 is 0. The summed E-state index contributed by atoms with van der Waals surface area (Å²) in [6.45, 7) is 0.112. The quantitative estimate of drug-likeness (QED) is 0.858. The van der Waals surface area contributed by atoms with Gasteiger partial charge in [0.15, 0.2) is 0 Å². The van der Waals surface area contributed by atoms with Crippen molar-refractivity contribution in [3.05, 3.63) is 35.9 Å². The first kappa shape index (κ1) is 14.0. The van der Waals surface area contributed by atoms with Gasteiger partial charge in [-0.05, 0) is 12.0 Å². The maximum Gasteiger partial charge on any atom is 0.416 e. The molecule has 0 aromatic heterocycles. The number of amides is 2. The second kappa shape index (κ2) is 5.09. The standard InChI is InChI=1S/C15H15F2NO3/c16-15(17)8-11(15)7-13(19)18-12(9-21-14(18)20)6-10-4-2-1-3-5-10/h1-5,11-12H,6-9H2. The number of carbonyl (C=O) groups excluding carboxylic acids is 2. The molecule has 112 valence electrons. The minimum atomic E-state index is -2.76. The molecule has 0 radical (unpaired) electrons. The van der Waals surface area contributed by atoms with Crippen LogP contribution in [0.1, 0.15) is 18.4 Å². The van der Waals surface area contributed by atoms with Crippen LogP contribution in [-0.4, -0.2) is 35.5 Å². The Morgan fingerprint density at radius 1 is 1.33 bits per heavy atom. The van der Waals surface area contributed by atoms with E-state index in [1.54, 1.807) is 0 Å². The molecule has 0 spiro atoms. The molecule has 1 aliphatic heterocycles. The Bertz CT molecular complexity index is 561. The second-order valence-electron chi connectivity index (χ2n) is 5.55. The van der Waals surface area contributed by atoms with Crippen molar-refractivity contribution in [2.75, 3.05) is 6.61 Å². The lowest BCUT2D eigenvalue weighted by atomic mass is 10.1. The van der Waals surface area contributed by atoms with Crippen molar-refractivity contribution in [1.82, 2.24) is 4.90 Å². The Morgan fingerprint density at radius 2 is 2.00 bits per heavy atom. The molecule has 1 aliphatic carbocycles. The Hall–Kier alpha value is -1.98. The van der Waals surface area contributed by atoms with Gasteiger partial charge in [0.2, 0.25) is 5.91 Å². The average Bonchev–Trinajstić information content (AvgIpc) is 2.86. The van der Waals surface area contributed by atoms with Crippen LogP contribution in [-0.2, 0) is 16.0 Å². The van der Waals surface area contributed by atoms with Gasteiger partial charge in [-0.2, -0.15) is 0 Å². The van der Waals surface area contributed by atoms with Gasteiger partial charge in [-0.1, -0.05) is 30.3 Å². The van der Waals surface area contributed by atoms with E-state index in [2.05, 4.69) is 0 Å². The lowest BCUT2D eigenvalue weighted by Gasteiger charge is -2.19. The summed E-state index contributed by atoms with van der Waals surface area (Å²) in [5, 5.41) is 0. The van der Waals surface area contributed by atoms with Gasteiger partial charge >= 0.3 is 6.09 Å². The molecule has 2 atom stereocenters. The number of nitrogens with zero attached hydrogens (tertiary/aromatic N) is 1. The number of rotatable bonds is 4. The van der Waals surface area contributed by atoms with Crippen LogP contribution in [0.4, 0.5) is 13.6 Å². The van der Waals surface area contributed by atoms with Crippen LogP contribution in [0.5, 0.6) is 0 Å². The number of benzene rings is 1. The number of hydrogen-bond donors (Lipinski definition) is 0. The highest BCUT2D eigenvalue weighted by Gasteiger charge is 2.58. The summed E-state index contributed by atoms with van der Waals surface area (Å²) in [5.41, 5.74) is 0.968. The van der Waals surface area contributed by atoms with E-state index in [9.17, 15) is 18.4 Å². The van der Waals surface area contributed by atoms with Gasteiger partial charge in [-0.25, -0.2) is 18.5 Å². The number of alkyl halides is 2. The molecule has 0 N–H and O–H groups in total. The summed E-state index contributed by atoms with van der Waals surface area (Å²) in [5.74, 6) is -4.26. The molecule has 1 heterocycles. The first-order valence-electron chi connectivity index (χ1n) is 6.88. The summed E-state index contributed by atoms with van der Waals surface area (Å²) in [6.07, 6.45) is -0.831. The minimum Gasteiger partial charge on any atom is -0.447 e. The fourth-order valence-electron chi connectivity index (χ4n) is 2.60. The summed E-state index contributed by atoms with van der Waals surface area (Å²) in [6, 6.07) is 8.96. The lowest BCUT2D eigenvalue weighted by molar-refractivity contribution is -0.130. The number of ether oxygens (including phenoxy) is 1. The number of imide groups is 1. The molecule has 4 nitrogen and oxygen atoms in total. The highest BCUT2D eigenvalue weighted by molar-refractivity contribution is 5.93. The van der Waals surface area contributed by atoms with Gasteiger partial charge < -0.3 is 4.74 Å². The van der Waals surface area contributed by atoms with Crippen LogP contribution >= 0.6 is 0 Å². The molecule has 1 aromatic rings. The number of cyclic esters (lactones) is 1. The van der Waals surface area contributed by atoms with Crippen LogP contribution in [0.2, 0.25) is 0 Å². The van der Waals surface area contributed by atoms with Crippen LogP contribution in [0, 0.1) is 5.92 Å². The summed E-state index contributed by atoms with van der Waals surface area (Å²) in [7, 11) is 0. The van der Waals surface area contributed by atoms with E-state index in [0.29, 0.717) is 6.42 Å². The maximum absolute atomic E-state index is 12.9. The molecule has 0 bridgehead atoms. The van der Waals surface area contributed by atoms with Crippen molar-refractivity contribution in [3.63, 3.8) is 0 Å². The SMILES string of the molecule is O=C(CC1CC1(F)F)N1C(=O)OCC1Cc1ccccc1. The first-order valence-corrected chi connectivity index (χ1v) is 6.88. The summed E-state index contributed by atoms with van der Waals surface area (Å²) < 4.78 is 30.7. The van der Waals surface area contributed by atoms with Gasteiger partial charge in [-0.3, -0.25) is 4.79 Å². The van der Waals surface area contributed by atoms with E-state index >= 15 is 0 Å². The third-order valence-corrected chi connectivity index (χ3v) is 3.92. The van der Waals surface area contributed by atoms with E-state index in [1.807, 2.05) is 30.3 Å². The Balaban J connectivity index is 1.66. The van der Waals surface area contributed by atoms with Gasteiger partial charge in [0.25, 0.3) is 5.92 Å². The summed E-state index contributed by atoms with van der Waals surface area (Å²) in [4.78, 5) is 24.8. The topological polar surface area (TPSA) is 46.6 Å². The van der Waals surface area contributed by atoms with E-state index in [0.717, 1.165) is 10.5 Å². The van der Waals surface area contributed by atoms with Crippen molar-refractivity contribution >= 4 is 12.0 Å². The van der Waals surface area contributed by atoms with Crippen LogP contribution in [0.3, 0.4) is 0 Å². The zero-order chi connectivity index (χ0) is 15.0. The van der Waals surface area contributed by atoms with E-state index < -0.39 is 29.9 Å². The molecule has 2 unspecified atom stereocenters. The van der Waals surface area contributed by atoms with Crippen molar-refractivity contribution < 1.29 is 23.1 Å². The first-order chi connectivity index (χ1) is 9.97. The molecule has 2 amide bonds. The van der Waals surface area contributed by atoms with Crippen molar-refractivity contribution in [1.29, 1.82) is 0 Å². The highest BCUT2D eigenvalue weighted by atomic mass is 19.3. The normalized spacial score (nSPS) is 26.6. The van der Waals surface area contributed by atoms with Crippen molar-refractivity contribution in [2.24, 2.45) is 5.92 Å². The predicted molar refractivity (Wildman–Crippen MR) is 69.8 cm³/mol. The molecule has 1 saturated carbocycles. The molecular formula is C15H15F2NO3. The van der Waals surface area contributed by atoms with Gasteiger partial charge in [0.1, 0.15) is 6.61 Å². The zero-order valence-corrected chi connectivity index (χ0v) is 11.3. The van der Waals surface area contributed by atoms with Gasteiger partial charge in [-0.15, -0.1) is 0 Å². The molecule has 2 aliphatic rings. The molecule has 21 heavy (non-hydrogen) atoms. The molecular weight excluding hydrogens is 280 g/mol. The highest BCUT2D eigenvalue weighted by Crippen LogP contribution is 2.51. The third-order valence-electron chi connectivity index (χ3n) is 3.92. The third kappa shape index (κ3) is 2.89. The molecule has 1 saturated heterocycles. The molecule has 1 aromatic carbocycles. The molecule has 3 rings (SSSR count). The maximum atomic E-state index is 12.9. The number of hydrogen-bond acceptors (Lipinski definition) is 3. The fraction of sp³-hybridized carbons (Fsp3) is 0.467. The average molecular weight is 295 g/mol. The van der Waals surface area contributed by atoms with Gasteiger partial charge in [0, 0.05) is 18.8 Å². The fourth-order valence-corrected chi connectivity index (χ4v) is 2.60. The smallest absolute Gasteiger partial charge is 0.416 e. The number of halogens is 2. The lowest BCUT2D eigenvalue weighted by Crippen LogP contribution is -2.40. The second-order valence-corrected chi connectivity index (χ2v) is 5.55. The van der Waals surface area contributed by atoms with E-state index in [1.165, 1.54) is 0 Å². The monoisotopic (exact) mass is 295 g/mol. The van der Waals surface area contributed by atoms with Gasteiger partial charge in [0.05, 0.1) is 6.04 Å². The van der Waals surface area contributed by atoms with Crippen LogP contribution in [0.25, 0.3) is 0 Å². The van der Waals surface area contributed by atoms with E-state index in [-0.39, 0.29) is 19.4 Å². The number of carbonyl (C=O) groups is 2. The minimum absolute atomic E-state index is 0.112. The molecule has 6 heteroatoms. The van der Waals surface area contributed by atoms with Crippen LogP contribution < -0.4 is 0 Å². The van der Waals surface area contributed by atoms with E-state index in [4.69, 9.17) is 4.74 Å². The Labute approximate surface area is 120 Å². The Kier molecular flexibility index (Phi) is 3.39. The molecule has 2 fully saturated rings. The van der Waals surface area contributed by atoms with Crippen molar-refractivity contribution in [3.8, 4) is 0 Å². The van der Waals surface area contributed by atoms with Crippen LogP contribution in [0.15, 0.2) is 30.3 Å². The largest absolute Gasteiger partial charge is 0.447 e.